The van der Waals surface area contributed by atoms with E-state index in [0.717, 1.165) is 0 Å². The monoisotopic (exact) mass is 279 g/mol. The van der Waals surface area contributed by atoms with E-state index in [1.165, 1.54) is 0 Å². The first-order valence-corrected chi connectivity index (χ1v) is 5.51. The molecule has 98 valence electrons. The Morgan fingerprint density at radius 1 is 1.16 bits per heavy atom. The van der Waals surface area contributed by atoms with E-state index in [1.807, 2.05) is 5.43 Å². The Morgan fingerprint density at radius 2 is 1.84 bits per heavy atom. The van der Waals surface area contributed by atoms with Crippen LogP contribution in [-0.4, -0.2) is 20.9 Å². The highest BCUT2D eigenvalue weighted by molar-refractivity contribution is 6.30. The number of carbonyl (C=O) groups is 1. The zero-order valence-electron chi connectivity index (χ0n) is 9.59. The van der Waals surface area contributed by atoms with Crippen molar-refractivity contribution in [3.63, 3.8) is 0 Å². The average Bonchev–Trinajstić information content (AvgIpc) is 2.40. The van der Waals surface area contributed by atoms with E-state index in [2.05, 4.69) is 20.3 Å². The summed E-state index contributed by atoms with van der Waals surface area (Å²) in [6.45, 7) is 0. The zero-order chi connectivity index (χ0) is 13.8. The number of nitrogen functional groups attached to an aromatic ring is 2. The highest BCUT2D eigenvalue weighted by Crippen LogP contribution is 2.16. The summed E-state index contributed by atoms with van der Waals surface area (Å²) in [5, 5.41) is 3.47. The average molecular weight is 280 g/mol. The Balaban J connectivity index is 2.27. The number of nitrogens with zero attached hydrogens (tertiary/aromatic N) is 3. The van der Waals surface area contributed by atoms with E-state index in [0.29, 0.717) is 10.7 Å². The second-order valence-corrected chi connectivity index (χ2v) is 3.88. The fourth-order valence-electron chi connectivity index (χ4n) is 1.28. The summed E-state index contributed by atoms with van der Waals surface area (Å²) in [5.41, 5.74) is 8.09. The number of nitrogens with one attached hydrogen (secondary N) is 2. The van der Waals surface area contributed by atoms with Gasteiger partial charge in [-0.2, -0.15) is 15.0 Å². The number of halogens is 1. The number of benzene rings is 1. The summed E-state index contributed by atoms with van der Waals surface area (Å²) in [6.07, 6.45) is 0. The SMILES string of the molecule is NNC(=O)c1nc(N)nc(Nc2ccc(Cl)cc2)n1. The molecule has 0 unspecified atom stereocenters. The molecule has 0 spiro atoms. The molecule has 0 atom stereocenters. The Hall–Kier alpha value is -2.45. The molecule has 2 aromatic rings. The predicted molar refractivity (Wildman–Crippen MR) is 70.6 cm³/mol. The van der Waals surface area contributed by atoms with Gasteiger partial charge in [0.25, 0.3) is 0 Å². The predicted octanol–water partition coefficient (Wildman–Crippen LogP) is 0.454. The number of carbonyl (C=O) groups excluding carboxylic acids is 1. The van der Waals surface area contributed by atoms with Gasteiger partial charge in [0.2, 0.25) is 17.7 Å². The van der Waals surface area contributed by atoms with Crippen LogP contribution in [0.1, 0.15) is 10.6 Å². The van der Waals surface area contributed by atoms with Crippen molar-refractivity contribution in [2.45, 2.75) is 0 Å². The highest BCUT2D eigenvalue weighted by atomic mass is 35.5. The van der Waals surface area contributed by atoms with Gasteiger partial charge in [-0.3, -0.25) is 10.2 Å². The number of nitrogens with two attached hydrogens (primary N) is 2. The summed E-state index contributed by atoms with van der Waals surface area (Å²) in [6, 6.07) is 6.85. The van der Waals surface area contributed by atoms with Crippen LogP contribution in [0.15, 0.2) is 24.3 Å². The first-order chi connectivity index (χ1) is 9.08. The van der Waals surface area contributed by atoms with Crippen LogP contribution in [0.5, 0.6) is 0 Å². The maximum Gasteiger partial charge on any atom is 0.303 e. The summed E-state index contributed by atoms with van der Waals surface area (Å²) in [4.78, 5) is 22.7. The molecule has 6 N–H and O–H groups in total. The molecule has 0 aliphatic carbocycles. The first-order valence-electron chi connectivity index (χ1n) is 5.13. The van der Waals surface area contributed by atoms with Crippen LogP contribution < -0.4 is 22.3 Å². The molecule has 9 heteroatoms. The van der Waals surface area contributed by atoms with Gasteiger partial charge in [0.15, 0.2) is 0 Å². The minimum Gasteiger partial charge on any atom is -0.368 e. The Labute approximate surface area is 113 Å². The van der Waals surface area contributed by atoms with Crippen LogP contribution in [0.3, 0.4) is 0 Å². The molecule has 1 amide bonds. The van der Waals surface area contributed by atoms with Crippen LogP contribution in [0.25, 0.3) is 0 Å². The van der Waals surface area contributed by atoms with Gasteiger partial charge in [0.1, 0.15) is 0 Å². The fourth-order valence-corrected chi connectivity index (χ4v) is 1.40. The summed E-state index contributed by atoms with van der Waals surface area (Å²) >= 11 is 5.77. The van der Waals surface area contributed by atoms with Gasteiger partial charge < -0.3 is 11.1 Å². The van der Waals surface area contributed by atoms with Crippen molar-refractivity contribution < 1.29 is 4.79 Å². The third-order valence-electron chi connectivity index (χ3n) is 2.09. The fraction of sp³-hybridized carbons (Fsp3) is 0. The molecule has 1 heterocycles. The molecule has 0 fully saturated rings. The smallest absolute Gasteiger partial charge is 0.303 e. The third-order valence-corrected chi connectivity index (χ3v) is 2.34. The molecule has 1 aromatic carbocycles. The maximum absolute atomic E-state index is 11.3. The molecular formula is C10H10ClN7O. The van der Waals surface area contributed by atoms with E-state index >= 15 is 0 Å². The van der Waals surface area contributed by atoms with E-state index in [1.54, 1.807) is 24.3 Å². The minimum atomic E-state index is -0.659. The van der Waals surface area contributed by atoms with Crippen molar-refractivity contribution in [1.82, 2.24) is 20.4 Å². The molecule has 0 bridgehead atoms. The number of anilines is 3. The second kappa shape index (κ2) is 5.46. The lowest BCUT2D eigenvalue weighted by Gasteiger charge is -2.06. The number of aromatic nitrogens is 3. The van der Waals surface area contributed by atoms with Gasteiger partial charge in [-0.25, -0.2) is 5.84 Å². The van der Waals surface area contributed by atoms with Crippen LogP contribution in [0.2, 0.25) is 5.02 Å². The molecule has 0 radical (unpaired) electrons. The highest BCUT2D eigenvalue weighted by Gasteiger charge is 2.11. The number of amides is 1. The van der Waals surface area contributed by atoms with Crippen LogP contribution in [0, 0.1) is 0 Å². The molecule has 0 aliphatic rings. The quantitative estimate of drug-likeness (QED) is 0.364. The van der Waals surface area contributed by atoms with Gasteiger partial charge in [0.05, 0.1) is 0 Å². The Bertz CT molecular complexity index is 601. The standard InChI is InChI=1S/C10H10ClN7O/c11-5-1-3-6(4-2-5)14-10-16-7(8(19)18-13)15-9(12)17-10/h1-4H,13H2,(H,18,19)(H3,12,14,15,16,17). The minimum absolute atomic E-state index is 0.0925. The summed E-state index contributed by atoms with van der Waals surface area (Å²) in [5.74, 6) is 4.20. The molecule has 2 rings (SSSR count). The van der Waals surface area contributed by atoms with Crippen molar-refractivity contribution in [3.05, 3.63) is 35.1 Å². The molecule has 19 heavy (non-hydrogen) atoms. The van der Waals surface area contributed by atoms with Crippen LogP contribution >= 0.6 is 11.6 Å². The molecule has 0 aliphatic heterocycles. The van der Waals surface area contributed by atoms with Gasteiger partial charge in [-0.15, -0.1) is 0 Å². The van der Waals surface area contributed by atoms with Crippen molar-refractivity contribution in [2.75, 3.05) is 11.1 Å². The molecule has 0 saturated heterocycles. The van der Waals surface area contributed by atoms with Gasteiger partial charge >= 0.3 is 5.91 Å². The molecule has 8 nitrogen and oxygen atoms in total. The number of hydrazine groups is 1. The Morgan fingerprint density at radius 3 is 2.47 bits per heavy atom. The number of hydrogen-bond acceptors (Lipinski definition) is 7. The lowest BCUT2D eigenvalue weighted by atomic mass is 10.3. The largest absolute Gasteiger partial charge is 0.368 e. The normalized spacial score (nSPS) is 10.0. The molecule has 1 aromatic heterocycles. The maximum atomic E-state index is 11.3. The lowest BCUT2D eigenvalue weighted by molar-refractivity contribution is 0.0943. The summed E-state index contributed by atoms with van der Waals surface area (Å²) in [7, 11) is 0. The molecular weight excluding hydrogens is 270 g/mol. The van der Waals surface area contributed by atoms with E-state index in [-0.39, 0.29) is 17.7 Å². The molecule has 0 saturated carbocycles. The topological polar surface area (TPSA) is 132 Å². The van der Waals surface area contributed by atoms with Crippen LogP contribution in [0.4, 0.5) is 17.6 Å². The van der Waals surface area contributed by atoms with Crippen molar-refractivity contribution in [1.29, 1.82) is 0 Å². The zero-order valence-corrected chi connectivity index (χ0v) is 10.3. The van der Waals surface area contributed by atoms with Crippen molar-refractivity contribution in [3.8, 4) is 0 Å². The van der Waals surface area contributed by atoms with Crippen molar-refractivity contribution in [2.24, 2.45) is 5.84 Å². The number of hydrogen-bond donors (Lipinski definition) is 4. The van der Waals surface area contributed by atoms with Gasteiger partial charge in [-0.1, -0.05) is 11.6 Å². The van der Waals surface area contributed by atoms with E-state index in [9.17, 15) is 4.79 Å². The first kappa shape index (κ1) is 13.0. The van der Waals surface area contributed by atoms with Gasteiger partial charge in [-0.05, 0) is 24.3 Å². The Kier molecular flexibility index (Phi) is 3.74. The third kappa shape index (κ3) is 3.27. The van der Waals surface area contributed by atoms with E-state index in [4.69, 9.17) is 23.2 Å². The van der Waals surface area contributed by atoms with E-state index < -0.39 is 5.91 Å². The second-order valence-electron chi connectivity index (χ2n) is 3.45. The van der Waals surface area contributed by atoms with Crippen LogP contribution in [-0.2, 0) is 0 Å². The van der Waals surface area contributed by atoms with Crippen molar-refractivity contribution >= 4 is 35.1 Å². The summed E-state index contributed by atoms with van der Waals surface area (Å²) < 4.78 is 0. The van der Waals surface area contributed by atoms with Gasteiger partial charge in [0, 0.05) is 10.7 Å². The number of rotatable bonds is 3. The lowest BCUT2D eigenvalue weighted by Crippen LogP contribution is -2.32.